The van der Waals surface area contributed by atoms with E-state index in [2.05, 4.69) is 0 Å². The van der Waals surface area contributed by atoms with Gasteiger partial charge < -0.3 is 4.74 Å². The van der Waals surface area contributed by atoms with Gasteiger partial charge in [-0.2, -0.15) is 5.26 Å². The maximum atomic E-state index is 11.1. The molecule has 0 fully saturated rings. The molecule has 0 saturated heterocycles. The number of halogens is 1. The summed E-state index contributed by atoms with van der Waals surface area (Å²) < 4.78 is 27.5. The highest BCUT2D eigenvalue weighted by Crippen LogP contribution is 2.30. The minimum Gasteiger partial charge on any atom is -0.486 e. The average Bonchev–Trinajstić information content (AvgIpc) is 2.33. The van der Waals surface area contributed by atoms with Gasteiger partial charge in [-0.05, 0) is 12.1 Å². The summed E-state index contributed by atoms with van der Waals surface area (Å²) in [5.74, 6) is -0.356. The Kier molecular flexibility index (Phi) is 5.15. The number of hydrogen-bond donors (Lipinski definition) is 0. The van der Waals surface area contributed by atoms with Crippen molar-refractivity contribution >= 4 is 25.4 Å². The Morgan fingerprint density at radius 2 is 2.10 bits per heavy atom. The predicted octanol–water partition coefficient (Wildman–Crippen LogP) is 2.44. The van der Waals surface area contributed by atoms with Gasteiger partial charge in [0.1, 0.15) is 0 Å². The van der Waals surface area contributed by atoms with Crippen molar-refractivity contribution in [3.63, 3.8) is 0 Å². The molecule has 0 aliphatic heterocycles. The summed E-state index contributed by atoms with van der Waals surface area (Å²) in [5.41, 5.74) is -1.03. The standard InChI is InChI=1S/C12H13ClN2O5S/c1-12(2,8-21(13,18)19)7-20-11-4-3-9(6-14)5-10(11)15(16)17/h3-5H,7-8H2,1-2H3. The molecule has 21 heavy (non-hydrogen) atoms. The average molecular weight is 333 g/mol. The largest absolute Gasteiger partial charge is 0.486 e. The van der Waals surface area contributed by atoms with Crippen molar-refractivity contribution in [2.24, 2.45) is 5.41 Å². The van der Waals surface area contributed by atoms with E-state index < -0.39 is 19.4 Å². The summed E-state index contributed by atoms with van der Waals surface area (Å²) in [5, 5.41) is 19.7. The van der Waals surface area contributed by atoms with Gasteiger partial charge in [-0.1, -0.05) is 13.8 Å². The minimum atomic E-state index is -3.71. The smallest absolute Gasteiger partial charge is 0.312 e. The summed E-state index contributed by atoms with van der Waals surface area (Å²) in [6, 6.07) is 5.58. The van der Waals surface area contributed by atoms with E-state index in [0.29, 0.717) is 0 Å². The van der Waals surface area contributed by atoms with E-state index in [1.807, 2.05) is 0 Å². The summed E-state index contributed by atoms with van der Waals surface area (Å²) in [4.78, 5) is 10.3. The van der Waals surface area contributed by atoms with Crippen molar-refractivity contribution in [3.05, 3.63) is 33.9 Å². The monoisotopic (exact) mass is 332 g/mol. The fourth-order valence-electron chi connectivity index (χ4n) is 1.63. The van der Waals surface area contributed by atoms with Gasteiger partial charge >= 0.3 is 5.69 Å². The third-order valence-corrected chi connectivity index (χ3v) is 3.92. The molecular weight excluding hydrogens is 320 g/mol. The molecule has 0 aliphatic rings. The van der Waals surface area contributed by atoms with Gasteiger partial charge in [0.15, 0.2) is 5.75 Å². The van der Waals surface area contributed by atoms with Gasteiger partial charge in [0, 0.05) is 22.2 Å². The van der Waals surface area contributed by atoms with Crippen molar-refractivity contribution < 1.29 is 18.1 Å². The lowest BCUT2D eigenvalue weighted by Gasteiger charge is -2.22. The highest BCUT2D eigenvalue weighted by Gasteiger charge is 2.27. The zero-order chi connectivity index (χ0) is 16.3. The minimum absolute atomic E-state index is 0.0287. The van der Waals surface area contributed by atoms with Gasteiger partial charge in [0.25, 0.3) is 0 Å². The Balaban J connectivity index is 2.94. The second-order valence-corrected chi connectivity index (χ2v) is 7.96. The zero-order valence-corrected chi connectivity index (χ0v) is 12.9. The van der Waals surface area contributed by atoms with Gasteiger partial charge in [-0.15, -0.1) is 0 Å². The number of ether oxygens (including phenoxy) is 1. The van der Waals surface area contributed by atoms with E-state index in [9.17, 15) is 18.5 Å². The molecule has 0 saturated carbocycles. The first-order valence-electron chi connectivity index (χ1n) is 5.78. The second-order valence-electron chi connectivity index (χ2n) is 5.19. The number of benzene rings is 1. The molecule has 0 spiro atoms. The zero-order valence-electron chi connectivity index (χ0n) is 11.4. The third kappa shape index (κ3) is 5.57. The van der Waals surface area contributed by atoms with Crippen LogP contribution >= 0.6 is 10.7 Å². The van der Waals surface area contributed by atoms with E-state index in [0.717, 1.165) is 6.07 Å². The van der Waals surface area contributed by atoms with Crippen molar-refractivity contribution in [1.29, 1.82) is 5.26 Å². The molecule has 0 amide bonds. The van der Waals surface area contributed by atoms with Crippen LogP contribution in [0.2, 0.25) is 0 Å². The highest BCUT2D eigenvalue weighted by molar-refractivity contribution is 8.13. The normalized spacial score (nSPS) is 11.7. The van der Waals surface area contributed by atoms with E-state index in [1.54, 1.807) is 19.9 Å². The second kappa shape index (κ2) is 6.28. The Morgan fingerprint density at radius 1 is 1.48 bits per heavy atom. The van der Waals surface area contributed by atoms with Crippen molar-refractivity contribution in [3.8, 4) is 11.8 Å². The summed E-state index contributed by atoms with van der Waals surface area (Å²) in [6.07, 6.45) is 0. The predicted molar refractivity (Wildman–Crippen MR) is 76.7 cm³/mol. The molecule has 0 aliphatic carbocycles. The van der Waals surface area contributed by atoms with E-state index in [1.165, 1.54) is 12.1 Å². The molecule has 7 nitrogen and oxygen atoms in total. The molecule has 1 rings (SSSR count). The highest BCUT2D eigenvalue weighted by atomic mass is 35.7. The first-order chi connectivity index (χ1) is 9.54. The molecule has 9 heteroatoms. The number of rotatable bonds is 6. The third-order valence-electron chi connectivity index (χ3n) is 2.47. The lowest BCUT2D eigenvalue weighted by Crippen LogP contribution is -2.28. The molecule has 0 aromatic heterocycles. The summed E-state index contributed by atoms with van der Waals surface area (Å²) in [6.45, 7) is 3.15. The van der Waals surface area contributed by atoms with Crippen molar-refractivity contribution in [1.82, 2.24) is 0 Å². The Labute approximate surface area is 126 Å². The maximum Gasteiger partial charge on any atom is 0.312 e. The van der Waals surface area contributed by atoms with Crippen LogP contribution in [0.5, 0.6) is 5.75 Å². The Hall–Kier alpha value is -1.85. The number of nitrogens with zero attached hydrogens (tertiary/aromatic N) is 2. The molecule has 0 unspecified atom stereocenters. The van der Waals surface area contributed by atoms with Gasteiger partial charge in [-0.3, -0.25) is 10.1 Å². The lowest BCUT2D eigenvalue weighted by atomic mass is 9.98. The number of nitro groups is 1. The fourth-order valence-corrected chi connectivity index (χ4v) is 3.54. The summed E-state index contributed by atoms with van der Waals surface area (Å²) >= 11 is 0. The van der Waals surface area contributed by atoms with Crippen LogP contribution in [0.25, 0.3) is 0 Å². The van der Waals surface area contributed by atoms with Gasteiger partial charge in [0.05, 0.1) is 28.9 Å². The van der Waals surface area contributed by atoms with Crippen LogP contribution in [0.15, 0.2) is 18.2 Å². The molecular formula is C12H13ClN2O5S. The quantitative estimate of drug-likeness (QED) is 0.449. The first-order valence-corrected chi connectivity index (χ1v) is 8.26. The summed E-state index contributed by atoms with van der Waals surface area (Å²) in [7, 11) is 1.49. The van der Waals surface area contributed by atoms with E-state index >= 15 is 0 Å². The van der Waals surface area contributed by atoms with Crippen LogP contribution in [0.3, 0.4) is 0 Å². The van der Waals surface area contributed by atoms with Gasteiger partial charge in [0.2, 0.25) is 9.05 Å². The number of nitro benzene ring substituents is 1. The fraction of sp³-hybridized carbons (Fsp3) is 0.417. The van der Waals surface area contributed by atoms with E-state index in [4.69, 9.17) is 20.7 Å². The van der Waals surface area contributed by atoms with Crippen LogP contribution in [0.4, 0.5) is 5.69 Å². The van der Waals surface area contributed by atoms with Gasteiger partial charge in [-0.25, -0.2) is 8.42 Å². The molecule has 0 heterocycles. The van der Waals surface area contributed by atoms with E-state index in [-0.39, 0.29) is 29.4 Å². The molecule has 0 N–H and O–H groups in total. The molecule has 0 radical (unpaired) electrons. The molecule has 0 bridgehead atoms. The van der Waals surface area contributed by atoms with Crippen LogP contribution < -0.4 is 4.74 Å². The van der Waals surface area contributed by atoms with Crippen LogP contribution in [-0.4, -0.2) is 25.7 Å². The topological polar surface area (TPSA) is 110 Å². The Morgan fingerprint density at radius 3 is 2.57 bits per heavy atom. The molecule has 1 aromatic rings. The van der Waals surface area contributed by atoms with Crippen molar-refractivity contribution in [2.45, 2.75) is 13.8 Å². The first kappa shape index (κ1) is 17.2. The van der Waals surface area contributed by atoms with Crippen LogP contribution in [0, 0.1) is 26.9 Å². The molecule has 0 atom stereocenters. The lowest BCUT2D eigenvalue weighted by molar-refractivity contribution is -0.386. The van der Waals surface area contributed by atoms with Crippen LogP contribution in [0.1, 0.15) is 19.4 Å². The SMILES string of the molecule is CC(C)(COc1ccc(C#N)cc1[N+](=O)[O-])CS(=O)(=O)Cl. The van der Waals surface area contributed by atoms with Crippen LogP contribution in [-0.2, 0) is 9.05 Å². The maximum absolute atomic E-state index is 11.1. The number of hydrogen-bond acceptors (Lipinski definition) is 6. The van der Waals surface area contributed by atoms with Crippen molar-refractivity contribution in [2.75, 3.05) is 12.4 Å². The molecule has 1 aromatic carbocycles. The number of nitriles is 1. The Bertz CT molecular complexity index is 694. The molecule has 114 valence electrons.